The second-order valence-corrected chi connectivity index (χ2v) is 14.0. The van der Waals surface area contributed by atoms with Crippen molar-refractivity contribution >= 4 is 45.0 Å². The molecular formula is C32H37Cl2N5O4S. The summed E-state index contributed by atoms with van der Waals surface area (Å²) in [5, 5.41) is 7.51. The third-order valence-corrected chi connectivity index (χ3v) is 9.52. The number of benzene rings is 3. The lowest BCUT2D eigenvalue weighted by molar-refractivity contribution is -0.138. The highest BCUT2D eigenvalue weighted by atomic mass is 35.5. The molecule has 2 aliphatic rings. The Morgan fingerprint density at radius 2 is 1.59 bits per heavy atom. The summed E-state index contributed by atoms with van der Waals surface area (Å²) in [5.74, 6) is -0.371. The summed E-state index contributed by atoms with van der Waals surface area (Å²) in [6.45, 7) is 2.60. The molecule has 0 aliphatic carbocycles. The van der Waals surface area contributed by atoms with Crippen LogP contribution in [0.1, 0.15) is 28.3 Å². The van der Waals surface area contributed by atoms with Crippen LogP contribution in [0.5, 0.6) is 0 Å². The standard InChI is InChI=1S/C32H37Cl2N5O4S/c1-44(42,43)36-21-30(26-8-4-5-9-27(26)34)38-14-16-39(17-15-38)32(41)29(18-22-10-12-25(33)13-11-22)37-31(40)28-19-23-6-2-3-7-24(23)20-35-28/h2-13,28-30,35-36H,14-21H2,1H3,(H,37,40)/t28-,29-,30?/m1/s1. The monoisotopic (exact) mass is 657 g/mol. The first-order chi connectivity index (χ1) is 21.1. The average Bonchev–Trinajstić information content (AvgIpc) is 3.02. The Morgan fingerprint density at radius 1 is 0.932 bits per heavy atom. The zero-order chi connectivity index (χ0) is 31.3. The Bertz CT molecular complexity index is 1580. The van der Waals surface area contributed by atoms with Crippen molar-refractivity contribution in [1.82, 2.24) is 25.2 Å². The number of amides is 2. The van der Waals surface area contributed by atoms with Gasteiger partial charge in [0, 0.05) is 61.8 Å². The maximum absolute atomic E-state index is 14.0. The molecule has 0 spiro atoms. The zero-order valence-corrected chi connectivity index (χ0v) is 26.8. The number of sulfonamides is 1. The van der Waals surface area contributed by atoms with E-state index >= 15 is 0 Å². The number of halogens is 2. The molecule has 234 valence electrons. The van der Waals surface area contributed by atoms with Crippen molar-refractivity contribution in [2.75, 3.05) is 39.0 Å². The van der Waals surface area contributed by atoms with Gasteiger partial charge in [-0.2, -0.15) is 0 Å². The van der Waals surface area contributed by atoms with Crippen molar-refractivity contribution in [3.63, 3.8) is 0 Å². The molecule has 0 bridgehead atoms. The van der Waals surface area contributed by atoms with Gasteiger partial charge in [-0.05, 0) is 46.9 Å². The van der Waals surface area contributed by atoms with E-state index in [2.05, 4.69) is 26.3 Å². The van der Waals surface area contributed by atoms with E-state index in [0.717, 1.165) is 22.9 Å². The largest absolute Gasteiger partial charge is 0.343 e. The molecule has 1 saturated heterocycles. The quantitative estimate of drug-likeness (QED) is 0.309. The second kappa shape index (κ2) is 14.4. The number of carbonyl (C=O) groups excluding carboxylic acids is 2. The van der Waals surface area contributed by atoms with E-state index < -0.39 is 22.1 Å². The van der Waals surface area contributed by atoms with Gasteiger partial charge in [0.25, 0.3) is 0 Å². The van der Waals surface area contributed by atoms with Crippen molar-refractivity contribution in [3.8, 4) is 0 Å². The number of fused-ring (bicyclic) bond motifs is 1. The summed E-state index contributed by atoms with van der Waals surface area (Å²) >= 11 is 12.6. The van der Waals surface area contributed by atoms with Crippen molar-refractivity contribution in [2.24, 2.45) is 0 Å². The van der Waals surface area contributed by atoms with Gasteiger partial charge in [-0.1, -0.05) is 77.8 Å². The van der Waals surface area contributed by atoms with Gasteiger partial charge < -0.3 is 15.5 Å². The maximum Gasteiger partial charge on any atom is 0.245 e. The molecule has 2 amide bonds. The minimum Gasteiger partial charge on any atom is -0.343 e. The molecule has 5 rings (SSSR count). The topological polar surface area (TPSA) is 111 Å². The van der Waals surface area contributed by atoms with Crippen LogP contribution in [0.15, 0.2) is 72.8 Å². The van der Waals surface area contributed by atoms with Crippen LogP contribution in [0.3, 0.4) is 0 Å². The average molecular weight is 659 g/mol. The molecule has 3 N–H and O–H groups in total. The van der Waals surface area contributed by atoms with Gasteiger partial charge >= 0.3 is 0 Å². The van der Waals surface area contributed by atoms with E-state index in [9.17, 15) is 18.0 Å². The Hall–Kier alpha value is -2.99. The van der Waals surface area contributed by atoms with E-state index in [1.54, 1.807) is 23.1 Å². The molecule has 1 fully saturated rings. The summed E-state index contributed by atoms with van der Waals surface area (Å²) in [7, 11) is -3.42. The number of hydrogen-bond donors (Lipinski definition) is 3. The summed E-state index contributed by atoms with van der Waals surface area (Å²) in [5.41, 5.74) is 4.00. The first kappa shape index (κ1) is 32.4. The van der Waals surface area contributed by atoms with Crippen molar-refractivity contribution < 1.29 is 18.0 Å². The number of carbonyl (C=O) groups is 2. The Labute approximate surface area is 269 Å². The molecule has 1 unspecified atom stereocenters. The molecule has 0 saturated carbocycles. The maximum atomic E-state index is 14.0. The van der Waals surface area contributed by atoms with Crippen LogP contribution in [0, 0.1) is 0 Å². The van der Waals surface area contributed by atoms with Crippen molar-refractivity contribution in [3.05, 3.63) is 105 Å². The van der Waals surface area contributed by atoms with Crippen LogP contribution in [-0.2, 0) is 39.0 Å². The number of hydrogen-bond acceptors (Lipinski definition) is 6. The lowest BCUT2D eigenvalue weighted by Crippen LogP contribution is -2.58. The van der Waals surface area contributed by atoms with Crippen molar-refractivity contribution in [2.45, 2.75) is 37.5 Å². The molecular weight excluding hydrogens is 621 g/mol. The summed E-state index contributed by atoms with van der Waals surface area (Å²) < 4.78 is 26.5. The van der Waals surface area contributed by atoms with Crippen LogP contribution < -0.4 is 15.4 Å². The molecule has 9 nitrogen and oxygen atoms in total. The summed E-state index contributed by atoms with van der Waals surface area (Å²) in [6, 6.07) is 21.2. The van der Waals surface area contributed by atoms with Crippen LogP contribution in [0.2, 0.25) is 10.0 Å². The Morgan fingerprint density at radius 3 is 2.27 bits per heavy atom. The predicted octanol–water partition coefficient (Wildman–Crippen LogP) is 3.17. The lowest BCUT2D eigenvalue weighted by atomic mass is 9.95. The van der Waals surface area contributed by atoms with E-state index in [1.807, 2.05) is 48.5 Å². The first-order valence-electron chi connectivity index (χ1n) is 14.6. The van der Waals surface area contributed by atoms with Gasteiger partial charge in [-0.15, -0.1) is 0 Å². The minimum absolute atomic E-state index is 0.156. The Kier molecular flexibility index (Phi) is 10.6. The first-order valence-corrected chi connectivity index (χ1v) is 17.3. The highest BCUT2D eigenvalue weighted by molar-refractivity contribution is 7.88. The molecule has 2 heterocycles. The third-order valence-electron chi connectivity index (χ3n) is 8.24. The molecule has 3 aromatic rings. The lowest BCUT2D eigenvalue weighted by Gasteiger charge is -2.41. The molecule has 3 aromatic carbocycles. The number of nitrogens with zero attached hydrogens (tertiary/aromatic N) is 2. The predicted molar refractivity (Wildman–Crippen MR) is 173 cm³/mol. The van der Waals surface area contributed by atoms with Gasteiger partial charge in [0.1, 0.15) is 6.04 Å². The molecule has 44 heavy (non-hydrogen) atoms. The molecule has 0 radical (unpaired) electrons. The van der Waals surface area contributed by atoms with Crippen LogP contribution in [0.4, 0.5) is 0 Å². The third kappa shape index (κ3) is 8.38. The van der Waals surface area contributed by atoms with Crippen LogP contribution >= 0.6 is 23.2 Å². The van der Waals surface area contributed by atoms with E-state index in [4.69, 9.17) is 23.2 Å². The smallest absolute Gasteiger partial charge is 0.245 e. The van der Waals surface area contributed by atoms with Gasteiger partial charge in [-0.25, -0.2) is 13.1 Å². The highest BCUT2D eigenvalue weighted by Gasteiger charge is 2.34. The minimum atomic E-state index is -3.42. The number of nitrogens with one attached hydrogen (secondary N) is 3. The highest BCUT2D eigenvalue weighted by Crippen LogP contribution is 2.28. The normalized spacial score (nSPS) is 18.7. The zero-order valence-electron chi connectivity index (χ0n) is 24.5. The SMILES string of the molecule is CS(=O)(=O)NCC(c1ccccc1Cl)N1CCN(C(=O)[C@@H](Cc2ccc(Cl)cc2)NC(=O)[C@H]2Cc3ccccc3CN2)CC1. The van der Waals surface area contributed by atoms with Crippen LogP contribution in [0.25, 0.3) is 0 Å². The fourth-order valence-corrected chi connectivity index (χ4v) is 6.70. The second-order valence-electron chi connectivity index (χ2n) is 11.3. The van der Waals surface area contributed by atoms with Gasteiger partial charge in [0.05, 0.1) is 12.3 Å². The number of rotatable bonds is 10. The summed E-state index contributed by atoms with van der Waals surface area (Å²) in [6.07, 6.45) is 2.00. The van der Waals surface area contributed by atoms with E-state index in [-0.39, 0.29) is 24.4 Å². The van der Waals surface area contributed by atoms with E-state index in [0.29, 0.717) is 55.6 Å². The van der Waals surface area contributed by atoms with Gasteiger partial charge in [0.2, 0.25) is 21.8 Å². The molecule has 12 heteroatoms. The Balaban J connectivity index is 1.29. The van der Waals surface area contributed by atoms with Crippen molar-refractivity contribution in [1.29, 1.82) is 0 Å². The fourth-order valence-electron chi connectivity index (χ4n) is 5.85. The summed E-state index contributed by atoms with van der Waals surface area (Å²) in [4.78, 5) is 31.4. The van der Waals surface area contributed by atoms with Gasteiger partial charge in [0.15, 0.2) is 0 Å². The molecule has 0 aromatic heterocycles. The molecule has 3 atom stereocenters. The van der Waals surface area contributed by atoms with E-state index in [1.165, 1.54) is 5.56 Å². The fraction of sp³-hybridized carbons (Fsp3) is 0.375. The van der Waals surface area contributed by atoms with Crippen LogP contribution in [-0.4, -0.2) is 81.1 Å². The molecule has 2 aliphatic heterocycles. The number of piperazine rings is 1. The van der Waals surface area contributed by atoms with Gasteiger partial charge in [-0.3, -0.25) is 14.5 Å².